The van der Waals surface area contributed by atoms with Crippen LogP contribution in [0.1, 0.15) is 40.0 Å². The molecule has 3 heteroatoms. The number of methoxy groups -OCH3 is 1. The summed E-state index contributed by atoms with van der Waals surface area (Å²) in [5.41, 5.74) is 3.85. The molecule has 0 aliphatic rings. The second kappa shape index (κ2) is 6.44. The monoisotopic (exact) mass is 283 g/mol. The highest BCUT2D eigenvalue weighted by Gasteiger charge is 2.13. The highest BCUT2D eigenvalue weighted by Crippen LogP contribution is 2.18. The van der Waals surface area contributed by atoms with Gasteiger partial charge in [-0.1, -0.05) is 29.8 Å². The number of amides is 1. The van der Waals surface area contributed by atoms with Crippen molar-refractivity contribution >= 4 is 5.91 Å². The minimum absolute atomic E-state index is 0.0421. The van der Waals surface area contributed by atoms with Crippen molar-refractivity contribution in [2.75, 3.05) is 7.11 Å². The van der Waals surface area contributed by atoms with Crippen molar-refractivity contribution < 1.29 is 9.53 Å². The van der Waals surface area contributed by atoms with Crippen LogP contribution in [-0.4, -0.2) is 13.0 Å². The van der Waals surface area contributed by atoms with Crippen LogP contribution in [-0.2, 0) is 0 Å². The summed E-state index contributed by atoms with van der Waals surface area (Å²) in [5.74, 6) is 0.770. The molecule has 110 valence electrons. The second-order valence-corrected chi connectivity index (χ2v) is 5.29. The molecule has 2 aromatic rings. The van der Waals surface area contributed by atoms with Crippen molar-refractivity contribution in [2.45, 2.75) is 26.8 Å². The summed E-state index contributed by atoms with van der Waals surface area (Å²) < 4.78 is 5.14. The van der Waals surface area contributed by atoms with Crippen molar-refractivity contribution in [1.82, 2.24) is 5.32 Å². The van der Waals surface area contributed by atoms with Gasteiger partial charge in [0.15, 0.2) is 0 Å². The number of carbonyl (C=O) groups excluding carboxylic acids is 1. The summed E-state index contributed by atoms with van der Waals surface area (Å²) in [4.78, 5) is 12.4. The molecule has 0 aromatic heterocycles. The van der Waals surface area contributed by atoms with E-state index < -0.39 is 0 Å². The highest BCUT2D eigenvalue weighted by atomic mass is 16.5. The predicted molar refractivity (Wildman–Crippen MR) is 84.8 cm³/mol. The van der Waals surface area contributed by atoms with Gasteiger partial charge in [-0.3, -0.25) is 4.79 Å². The summed E-state index contributed by atoms with van der Waals surface area (Å²) >= 11 is 0. The molecule has 2 rings (SSSR count). The van der Waals surface area contributed by atoms with Gasteiger partial charge in [-0.15, -0.1) is 0 Å². The van der Waals surface area contributed by atoms with Crippen LogP contribution in [0.5, 0.6) is 5.75 Å². The van der Waals surface area contributed by atoms with E-state index in [1.807, 2.05) is 63.2 Å². The first-order valence-corrected chi connectivity index (χ1v) is 7.03. The number of carbonyl (C=O) groups is 1. The molecule has 0 aliphatic carbocycles. The maximum absolute atomic E-state index is 12.4. The van der Waals surface area contributed by atoms with Gasteiger partial charge in [0.05, 0.1) is 13.2 Å². The van der Waals surface area contributed by atoms with E-state index in [9.17, 15) is 4.79 Å². The molecule has 2 aromatic carbocycles. The van der Waals surface area contributed by atoms with Gasteiger partial charge in [-0.05, 0) is 50.1 Å². The Balaban J connectivity index is 2.12. The van der Waals surface area contributed by atoms with Crippen LogP contribution in [0.3, 0.4) is 0 Å². The first kappa shape index (κ1) is 15.1. The predicted octanol–water partition coefficient (Wildman–Crippen LogP) is 3.80. The van der Waals surface area contributed by atoms with E-state index >= 15 is 0 Å². The largest absolute Gasteiger partial charge is 0.497 e. The molecule has 0 bridgehead atoms. The molecule has 1 amide bonds. The Labute approximate surface area is 126 Å². The lowest BCUT2D eigenvalue weighted by Crippen LogP contribution is -2.27. The third-order valence-corrected chi connectivity index (χ3v) is 3.60. The Morgan fingerprint density at radius 2 is 1.76 bits per heavy atom. The fourth-order valence-corrected chi connectivity index (χ4v) is 2.23. The van der Waals surface area contributed by atoms with E-state index in [0.717, 1.165) is 28.0 Å². The summed E-state index contributed by atoms with van der Waals surface area (Å²) in [7, 11) is 1.64. The van der Waals surface area contributed by atoms with Gasteiger partial charge in [0.2, 0.25) is 0 Å². The van der Waals surface area contributed by atoms with Crippen molar-refractivity contribution in [3.05, 3.63) is 64.7 Å². The topological polar surface area (TPSA) is 38.3 Å². The third-order valence-electron chi connectivity index (χ3n) is 3.60. The number of aryl methyl sites for hydroxylation is 2. The summed E-state index contributed by atoms with van der Waals surface area (Å²) in [6.07, 6.45) is 0. The molecular formula is C18H21NO2. The van der Waals surface area contributed by atoms with Gasteiger partial charge >= 0.3 is 0 Å². The van der Waals surface area contributed by atoms with E-state index in [1.165, 1.54) is 0 Å². The molecule has 0 unspecified atom stereocenters. The van der Waals surface area contributed by atoms with Gasteiger partial charge < -0.3 is 10.1 Å². The Hall–Kier alpha value is -2.29. The lowest BCUT2D eigenvalue weighted by molar-refractivity contribution is 0.0939. The fourth-order valence-electron chi connectivity index (χ4n) is 2.23. The average Bonchev–Trinajstić information content (AvgIpc) is 2.49. The zero-order chi connectivity index (χ0) is 15.4. The first-order chi connectivity index (χ1) is 10.0. The molecule has 0 radical (unpaired) electrons. The summed E-state index contributed by atoms with van der Waals surface area (Å²) in [6, 6.07) is 13.6. The van der Waals surface area contributed by atoms with E-state index in [1.54, 1.807) is 7.11 Å². The zero-order valence-corrected chi connectivity index (χ0v) is 12.9. The van der Waals surface area contributed by atoms with Crippen molar-refractivity contribution in [3.8, 4) is 5.75 Å². The van der Waals surface area contributed by atoms with Crippen LogP contribution >= 0.6 is 0 Å². The van der Waals surface area contributed by atoms with Crippen LogP contribution in [0.4, 0.5) is 0 Å². The second-order valence-electron chi connectivity index (χ2n) is 5.29. The van der Waals surface area contributed by atoms with Gasteiger partial charge in [0, 0.05) is 5.56 Å². The molecule has 0 heterocycles. The quantitative estimate of drug-likeness (QED) is 0.926. The number of ether oxygens (including phenoxy) is 1. The SMILES string of the molecule is COc1ccc([C@@H](C)NC(=O)c2cc(C)ccc2C)cc1. The Morgan fingerprint density at radius 1 is 1.10 bits per heavy atom. The molecule has 3 nitrogen and oxygen atoms in total. The van der Waals surface area contributed by atoms with Crippen LogP contribution in [0.25, 0.3) is 0 Å². The Kier molecular flexibility index (Phi) is 4.63. The summed E-state index contributed by atoms with van der Waals surface area (Å²) in [6.45, 7) is 5.92. The van der Waals surface area contributed by atoms with Gasteiger partial charge in [-0.2, -0.15) is 0 Å². The number of nitrogens with one attached hydrogen (secondary N) is 1. The first-order valence-electron chi connectivity index (χ1n) is 7.03. The van der Waals surface area contributed by atoms with Gasteiger partial charge in [0.25, 0.3) is 5.91 Å². The Morgan fingerprint density at radius 3 is 2.38 bits per heavy atom. The molecule has 21 heavy (non-hydrogen) atoms. The number of rotatable bonds is 4. The normalized spacial score (nSPS) is 11.8. The smallest absolute Gasteiger partial charge is 0.252 e. The maximum atomic E-state index is 12.4. The minimum atomic E-state index is -0.0525. The molecule has 0 saturated heterocycles. The zero-order valence-electron chi connectivity index (χ0n) is 12.9. The van der Waals surface area contributed by atoms with Crippen molar-refractivity contribution in [1.29, 1.82) is 0 Å². The molecule has 0 spiro atoms. The summed E-state index contributed by atoms with van der Waals surface area (Å²) in [5, 5.41) is 3.04. The number of hydrogen-bond donors (Lipinski definition) is 1. The van der Waals surface area contributed by atoms with E-state index in [2.05, 4.69) is 5.32 Å². The number of hydrogen-bond acceptors (Lipinski definition) is 2. The minimum Gasteiger partial charge on any atom is -0.497 e. The van der Waals surface area contributed by atoms with Gasteiger partial charge in [0.1, 0.15) is 5.75 Å². The lowest BCUT2D eigenvalue weighted by Gasteiger charge is -2.16. The Bertz CT molecular complexity index is 632. The lowest BCUT2D eigenvalue weighted by atomic mass is 10.0. The average molecular weight is 283 g/mol. The highest BCUT2D eigenvalue weighted by molar-refractivity contribution is 5.96. The van der Waals surface area contributed by atoms with Crippen molar-refractivity contribution in [2.24, 2.45) is 0 Å². The van der Waals surface area contributed by atoms with Crippen LogP contribution < -0.4 is 10.1 Å². The van der Waals surface area contributed by atoms with E-state index in [-0.39, 0.29) is 11.9 Å². The maximum Gasteiger partial charge on any atom is 0.252 e. The van der Waals surface area contributed by atoms with Crippen LogP contribution in [0, 0.1) is 13.8 Å². The molecule has 1 N–H and O–H groups in total. The molecule has 1 atom stereocenters. The fraction of sp³-hybridized carbons (Fsp3) is 0.278. The third kappa shape index (κ3) is 3.63. The van der Waals surface area contributed by atoms with Crippen LogP contribution in [0.2, 0.25) is 0 Å². The van der Waals surface area contributed by atoms with Crippen LogP contribution in [0.15, 0.2) is 42.5 Å². The molecule has 0 saturated carbocycles. The molecule has 0 fully saturated rings. The number of benzene rings is 2. The van der Waals surface area contributed by atoms with E-state index in [4.69, 9.17) is 4.74 Å². The van der Waals surface area contributed by atoms with Crippen molar-refractivity contribution in [3.63, 3.8) is 0 Å². The standard InChI is InChI=1S/C18H21NO2/c1-12-5-6-13(2)17(11-12)18(20)19-14(3)15-7-9-16(21-4)10-8-15/h5-11,14H,1-4H3,(H,19,20)/t14-/m1/s1. The molecular weight excluding hydrogens is 262 g/mol. The van der Waals surface area contributed by atoms with E-state index in [0.29, 0.717) is 0 Å². The molecule has 0 aliphatic heterocycles. The van der Waals surface area contributed by atoms with Gasteiger partial charge in [-0.25, -0.2) is 0 Å².